The monoisotopic (exact) mass is 269 g/mol. The number of primary amides is 1. The number of aryl methyl sites for hydroxylation is 1. The Kier molecular flexibility index (Phi) is 5.33. The predicted octanol–water partition coefficient (Wildman–Crippen LogP) is 2.86. The van der Waals surface area contributed by atoms with Crippen molar-refractivity contribution < 1.29 is 9.53 Å². The molecule has 3 heteroatoms. The van der Waals surface area contributed by atoms with Gasteiger partial charge in [-0.15, -0.1) is 0 Å². The maximum absolute atomic E-state index is 11.5. The van der Waals surface area contributed by atoms with Crippen LogP contribution in [-0.2, 0) is 16.0 Å². The van der Waals surface area contributed by atoms with Gasteiger partial charge in [0.05, 0.1) is 0 Å². The van der Waals surface area contributed by atoms with E-state index in [0.717, 1.165) is 18.4 Å². The number of nitrogens with two attached hydrogens (primary N) is 1. The standard InChI is InChI=1S/C17H19NO2/c18-17(19)16(15-11-5-2-6-12-15)20-13-7-10-14-8-3-1-4-9-14/h1-6,8-9,11-12,16H,7,10,13H2,(H2,18,19). The van der Waals surface area contributed by atoms with Gasteiger partial charge in [-0.2, -0.15) is 0 Å². The molecule has 2 N–H and O–H groups in total. The molecule has 0 saturated heterocycles. The van der Waals surface area contributed by atoms with Crippen LogP contribution in [0.25, 0.3) is 0 Å². The summed E-state index contributed by atoms with van der Waals surface area (Å²) < 4.78 is 5.64. The first-order valence-electron chi connectivity index (χ1n) is 6.77. The Hall–Kier alpha value is -2.13. The highest BCUT2D eigenvalue weighted by Gasteiger charge is 2.17. The lowest BCUT2D eigenvalue weighted by atomic mass is 10.1. The highest BCUT2D eigenvalue weighted by Crippen LogP contribution is 2.17. The normalized spacial score (nSPS) is 12.0. The lowest BCUT2D eigenvalue weighted by Crippen LogP contribution is -2.24. The highest BCUT2D eigenvalue weighted by atomic mass is 16.5. The van der Waals surface area contributed by atoms with Crippen LogP contribution in [0.3, 0.4) is 0 Å². The van der Waals surface area contributed by atoms with Gasteiger partial charge in [0.2, 0.25) is 0 Å². The molecule has 0 radical (unpaired) electrons. The molecular weight excluding hydrogens is 250 g/mol. The van der Waals surface area contributed by atoms with E-state index in [-0.39, 0.29) is 0 Å². The molecule has 0 fully saturated rings. The van der Waals surface area contributed by atoms with E-state index >= 15 is 0 Å². The largest absolute Gasteiger partial charge is 0.367 e. The van der Waals surface area contributed by atoms with Crippen molar-refractivity contribution in [2.45, 2.75) is 18.9 Å². The molecule has 104 valence electrons. The Morgan fingerprint density at radius 2 is 1.60 bits per heavy atom. The van der Waals surface area contributed by atoms with Gasteiger partial charge in [-0.3, -0.25) is 4.79 Å². The Balaban J connectivity index is 1.83. The van der Waals surface area contributed by atoms with Crippen molar-refractivity contribution in [2.75, 3.05) is 6.61 Å². The molecule has 2 aromatic rings. The molecule has 1 atom stereocenters. The number of carbonyl (C=O) groups excluding carboxylic acids is 1. The third-order valence-electron chi connectivity index (χ3n) is 3.10. The number of hydrogen-bond acceptors (Lipinski definition) is 2. The molecular formula is C17H19NO2. The van der Waals surface area contributed by atoms with E-state index in [0.29, 0.717) is 6.61 Å². The molecule has 0 aliphatic carbocycles. The van der Waals surface area contributed by atoms with Gasteiger partial charge in [0.15, 0.2) is 6.10 Å². The summed E-state index contributed by atoms with van der Waals surface area (Å²) in [6, 6.07) is 19.6. The summed E-state index contributed by atoms with van der Waals surface area (Å²) in [4.78, 5) is 11.5. The molecule has 1 amide bonds. The number of amides is 1. The predicted molar refractivity (Wildman–Crippen MR) is 79.1 cm³/mol. The molecule has 0 bridgehead atoms. The van der Waals surface area contributed by atoms with Crippen LogP contribution in [0.2, 0.25) is 0 Å². The van der Waals surface area contributed by atoms with Gasteiger partial charge in [0.1, 0.15) is 0 Å². The van der Waals surface area contributed by atoms with Crippen molar-refractivity contribution in [3.8, 4) is 0 Å². The second kappa shape index (κ2) is 7.46. The van der Waals surface area contributed by atoms with Crippen molar-refractivity contribution in [2.24, 2.45) is 5.73 Å². The first-order chi connectivity index (χ1) is 9.77. The lowest BCUT2D eigenvalue weighted by Gasteiger charge is -2.14. The minimum Gasteiger partial charge on any atom is -0.367 e. The quantitative estimate of drug-likeness (QED) is 0.786. The van der Waals surface area contributed by atoms with Crippen molar-refractivity contribution in [1.82, 2.24) is 0 Å². The van der Waals surface area contributed by atoms with E-state index in [9.17, 15) is 4.79 Å². The number of rotatable bonds is 7. The zero-order valence-corrected chi connectivity index (χ0v) is 11.4. The maximum Gasteiger partial charge on any atom is 0.251 e. The van der Waals surface area contributed by atoms with Crippen molar-refractivity contribution in [3.63, 3.8) is 0 Å². The third-order valence-corrected chi connectivity index (χ3v) is 3.10. The minimum atomic E-state index is -0.660. The van der Waals surface area contributed by atoms with Gasteiger partial charge >= 0.3 is 0 Å². The molecule has 2 rings (SSSR count). The number of carbonyl (C=O) groups is 1. The van der Waals surface area contributed by atoms with Gasteiger partial charge in [-0.1, -0.05) is 60.7 Å². The second-order valence-electron chi connectivity index (χ2n) is 4.65. The van der Waals surface area contributed by atoms with Crippen molar-refractivity contribution >= 4 is 5.91 Å². The average Bonchev–Trinajstić information content (AvgIpc) is 2.49. The number of hydrogen-bond donors (Lipinski definition) is 1. The molecule has 3 nitrogen and oxygen atoms in total. The number of ether oxygens (including phenoxy) is 1. The summed E-state index contributed by atoms with van der Waals surface area (Å²) in [6.07, 6.45) is 1.13. The SMILES string of the molecule is NC(=O)C(OCCCc1ccccc1)c1ccccc1. The summed E-state index contributed by atoms with van der Waals surface area (Å²) in [5, 5.41) is 0. The van der Waals surface area contributed by atoms with Crippen molar-refractivity contribution in [3.05, 3.63) is 71.8 Å². The van der Waals surface area contributed by atoms with Crippen LogP contribution in [0.15, 0.2) is 60.7 Å². The maximum atomic E-state index is 11.5. The number of benzene rings is 2. The first kappa shape index (κ1) is 14.3. The van der Waals surface area contributed by atoms with Gasteiger partial charge in [0.25, 0.3) is 5.91 Å². The van der Waals surface area contributed by atoms with E-state index in [4.69, 9.17) is 10.5 Å². The van der Waals surface area contributed by atoms with E-state index in [1.807, 2.05) is 48.5 Å². The molecule has 0 heterocycles. The third kappa shape index (κ3) is 4.21. The Labute approximate surface area is 119 Å². The topological polar surface area (TPSA) is 52.3 Å². The van der Waals surface area contributed by atoms with Crippen LogP contribution < -0.4 is 5.73 Å². The van der Waals surface area contributed by atoms with E-state index < -0.39 is 12.0 Å². The van der Waals surface area contributed by atoms with Crippen LogP contribution in [0, 0.1) is 0 Å². The smallest absolute Gasteiger partial charge is 0.251 e. The highest BCUT2D eigenvalue weighted by molar-refractivity contribution is 5.80. The fourth-order valence-corrected chi connectivity index (χ4v) is 2.09. The molecule has 1 unspecified atom stereocenters. The summed E-state index contributed by atoms with van der Waals surface area (Å²) >= 11 is 0. The van der Waals surface area contributed by atoms with Crippen LogP contribution >= 0.6 is 0 Å². The zero-order chi connectivity index (χ0) is 14.2. The fourth-order valence-electron chi connectivity index (χ4n) is 2.09. The minimum absolute atomic E-state index is 0.448. The van der Waals surface area contributed by atoms with Gasteiger partial charge < -0.3 is 10.5 Å². The fraction of sp³-hybridized carbons (Fsp3) is 0.235. The van der Waals surface area contributed by atoms with Gasteiger partial charge in [-0.05, 0) is 24.0 Å². The lowest BCUT2D eigenvalue weighted by molar-refractivity contribution is -0.130. The summed E-state index contributed by atoms with van der Waals surface area (Å²) in [6.45, 7) is 0.511. The van der Waals surface area contributed by atoms with E-state index in [1.54, 1.807) is 0 Å². The average molecular weight is 269 g/mol. The Morgan fingerprint density at radius 1 is 1.00 bits per heavy atom. The van der Waals surface area contributed by atoms with Crippen LogP contribution in [-0.4, -0.2) is 12.5 Å². The Morgan fingerprint density at radius 3 is 2.20 bits per heavy atom. The molecule has 2 aromatic carbocycles. The Bertz CT molecular complexity index is 525. The van der Waals surface area contributed by atoms with Crippen LogP contribution in [0.5, 0.6) is 0 Å². The summed E-state index contributed by atoms with van der Waals surface area (Å²) in [7, 11) is 0. The second-order valence-corrected chi connectivity index (χ2v) is 4.65. The van der Waals surface area contributed by atoms with Gasteiger partial charge in [0, 0.05) is 6.61 Å². The summed E-state index contributed by atoms with van der Waals surface area (Å²) in [5.74, 6) is -0.448. The first-order valence-corrected chi connectivity index (χ1v) is 6.77. The molecule has 0 aromatic heterocycles. The molecule has 0 spiro atoms. The van der Waals surface area contributed by atoms with Crippen molar-refractivity contribution in [1.29, 1.82) is 0 Å². The molecule has 0 aliphatic heterocycles. The van der Waals surface area contributed by atoms with Crippen LogP contribution in [0.1, 0.15) is 23.7 Å². The molecule has 0 aliphatic rings. The molecule has 0 saturated carbocycles. The van der Waals surface area contributed by atoms with Gasteiger partial charge in [-0.25, -0.2) is 0 Å². The van der Waals surface area contributed by atoms with E-state index in [1.165, 1.54) is 5.56 Å². The molecule has 20 heavy (non-hydrogen) atoms. The zero-order valence-electron chi connectivity index (χ0n) is 11.4. The summed E-state index contributed by atoms with van der Waals surface area (Å²) in [5.41, 5.74) is 7.47. The van der Waals surface area contributed by atoms with Crippen LogP contribution in [0.4, 0.5) is 0 Å². The van der Waals surface area contributed by atoms with E-state index in [2.05, 4.69) is 12.1 Å².